The van der Waals surface area contributed by atoms with Crippen molar-refractivity contribution in [2.45, 2.75) is 63.6 Å². The summed E-state index contributed by atoms with van der Waals surface area (Å²) in [5.74, 6) is 0.513. The molecule has 16 heavy (non-hydrogen) atoms. The molecule has 1 N–H and O–H groups in total. The van der Waals surface area contributed by atoms with Gasteiger partial charge in [0.2, 0.25) is 0 Å². The Balaban J connectivity index is 2.03. The molecular weight excluding hydrogens is 198 g/mol. The van der Waals surface area contributed by atoms with Crippen LogP contribution < -0.4 is 0 Å². The van der Waals surface area contributed by atoms with E-state index in [2.05, 4.69) is 18.4 Å². The van der Waals surface area contributed by atoms with Crippen LogP contribution in [0.2, 0.25) is 0 Å². The quantitative estimate of drug-likeness (QED) is 0.743. The molecule has 0 radical (unpaired) electrons. The topological polar surface area (TPSA) is 23.5 Å². The van der Waals surface area contributed by atoms with E-state index in [0.717, 1.165) is 6.42 Å². The Morgan fingerprint density at radius 3 is 2.69 bits per heavy atom. The number of hydrogen-bond donors (Lipinski definition) is 1. The predicted molar refractivity (Wildman–Crippen MR) is 67.4 cm³/mol. The molecule has 2 heteroatoms. The highest BCUT2D eigenvalue weighted by molar-refractivity contribution is 4.96. The minimum Gasteiger partial charge on any atom is -0.393 e. The number of hydrogen-bond acceptors (Lipinski definition) is 2. The van der Waals surface area contributed by atoms with Gasteiger partial charge in [-0.05, 0) is 39.2 Å². The third-order valence-electron chi connectivity index (χ3n) is 4.48. The number of likely N-dealkylation sites (tertiary alicyclic amines) is 1. The van der Waals surface area contributed by atoms with E-state index in [1.54, 1.807) is 0 Å². The van der Waals surface area contributed by atoms with Crippen molar-refractivity contribution in [3.05, 3.63) is 12.7 Å². The molecule has 2 rings (SSSR count). The highest BCUT2D eigenvalue weighted by Gasteiger charge is 2.37. The summed E-state index contributed by atoms with van der Waals surface area (Å²) in [6.07, 6.45) is 9.26. The van der Waals surface area contributed by atoms with E-state index in [-0.39, 0.29) is 6.10 Å². The van der Waals surface area contributed by atoms with Gasteiger partial charge in [-0.2, -0.15) is 0 Å². The lowest BCUT2D eigenvalue weighted by atomic mass is 9.80. The minimum absolute atomic E-state index is 0.0589. The van der Waals surface area contributed by atoms with Crippen LogP contribution in [0.1, 0.15) is 45.4 Å². The standard InChI is InChI=1S/C14H25NO/c1-3-11(2)15-10-6-8-13(15)12-7-4-5-9-14(12)16/h3,11-14,16H,1,4-10H2,2H3. The second kappa shape index (κ2) is 5.33. The van der Waals surface area contributed by atoms with Crippen LogP contribution in [-0.2, 0) is 0 Å². The fourth-order valence-corrected chi connectivity index (χ4v) is 3.50. The molecule has 0 amide bonds. The van der Waals surface area contributed by atoms with Gasteiger partial charge in [0.05, 0.1) is 6.10 Å². The molecular formula is C14H25NO. The molecule has 4 unspecified atom stereocenters. The zero-order chi connectivity index (χ0) is 11.5. The van der Waals surface area contributed by atoms with E-state index >= 15 is 0 Å². The first-order valence-corrected chi connectivity index (χ1v) is 6.80. The first kappa shape index (κ1) is 12.1. The summed E-state index contributed by atoms with van der Waals surface area (Å²) >= 11 is 0. The average molecular weight is 223 g/mol. The van der Waals surface area contributed by atoms with Gasteiger partial charge in [-0.1, -0.05) is 18.9 Å². The van der Waals surface area contributed by atoms with Crippen molar-refractivity contribution in [1.29, 1.82) is 0 Å². The molecule has 4 atom stereocenters. The Morgan fingerprint density at radius 1 is 1.25 bits per heavy atom. The van der Waals surface area contributed by atoms with Crippen molar-refractivity contribution < 1.29 is 5.11 Å². The van der Waals surface area contributed by atoms with Crippen LogP contribution in [-0.4, -0.2) is 34.7 Å². The summed E-state index contributed by atoms with van der Waals surface area (Å²) in [5, 5.41) is 10.1. The van der Waals surface area contributed by atoms with Crippen molar-refractivity contribution in [1.82, 2.24) is 4.90 Å². The molecule has 1 heterocycles. The van der Waals surface area contributed by atoms with E-state index in [1.165, 1.54) is 38.6 Å². The van der Waals surface area contributed by atoms with Gasteiger partial charge in [0.25, 0.3) is 0 Å². The van der Waals surface area contributed by atoms with Crippen LogP contribution in [0, 0.1) is 5.92 Å². The van der Waals surface area contributed by atoms with E-state index in [1.807, 2.05) is 6.08 Å². The predicted octanol–water partition coefficient (Wildman–Crippen LogP) is 2.58. The molecule has 1 aliphatic heterocycles. The minimum atomic E-state index is -0.0589. The first-order chi connectivity index (χ1) is 7.74. The Bertz CT molecular complexity index is 241. The summed E-state index contributed by atoms with van der Waals surface area (Å²) in [5.41, 5.74) is 0. The maximum Gasteiger partial charge on any atom is 0.0583 e. The van der Waals surface area contributed by atoms with E-state index in [4.69, 9.17) is 0 Å². The third kappa shape index (κ3) is 2.33. The zero-order valence-electron chi connectivity index (χ0n) is 10.4. The van der Waals surface area contributed by atoms with E-state index in [0.29, 0.717) is 18.0 Å². The Kier molecular flexibility index (Phi) is 4.04. The van der Waals surface area contributed by atoms with E-state index in [9.17, 15) is 5.11 Å². The molecule has 1 saturated carbocycles. The zero-order valence-corrected chi connectivity index (χ0v) is 10.4. The van der Waals surface area contributed by atoms with Gasteiger partial charge in [-0.15, -0.1) is 6.58 Å². The summed E-state index contributed by atoms with van der Waals surface area (Å²) < 4.78 is 0. The molecule has 92 valence electrons. The molecule has 2 fully saturated rings. The largest absolute Gasteiger partial charge is 0.393 e. The van der Waals surface area contributed by atoms with Gasteiger partial charge in [0.1, 0.15) is 0 Å². The Hall–Kier alpha value is -0.340. The monoisotopic (exact) mass is 223 g/mol. The number of nitrogens with zero attached hydrogens (tertiary/aromatic N) is 1. The van der Waals surface area contributed by atoms with Crippen LogP contribution in [0.3, 0.4) is 0 Å². The maximum atomic E-state index is 10.1. The van der Waals surface area contributed by atoms with Crippen LogP contribution in [0.5, 0.6) is 0 Å². The number of rotatable bonds is 3. The molecule has 1 aliphatic carbocycles. The fourth-order valence-electron chi connectivity index (χ4n) is 3.50. The van der Waals surface area contributed by atoms with Crippen molar-refractivity contribution in [3.63, 3.8) is 0 Å². The molecule has 2 nitrogen and oxygen atoms in total. The van der Waals surface area contributed by atoms with Crippen LogP contribution in [0.15, 0.2) is 12.7 Å². The molecule has 1 saturated heterocycles. The smallest absolute Gasteiger partial charge is 0.0583 e. The Labute approximate surface area is 99.3 Å². The lowest BCUT2D eigenvalue weighted by molar-refractivity contribution is 0.0173. The first-order valence-electron chi connectivity index (χ1n) is 6.80. The van der Waals surface area contributed by atoms with Crippen molar-refractivity contribution in [3.8, 4) is 0 Å². The lowest BCUT2D eigenvalue weighted by Crippen LogP contribution is -2.45. The van der Waals surface area contributed by atoms with Gasteiger partial charge < -0.3 is 5.11 Å². The highest BCUT2D eigenvalue weighted by Crippen LogP contribution is 2.35. The maximum absolute atomic E-state index is 10.1. The van der Waals surface area contributed by atoms with Crippen LogP contribution in [0.4, 0.5) is 0 Å². The van der Waals surface area contributed by atoms with Gasteiger partial charge >= 0.3 is 0 Å². The van der Waals surface area contributed by atoms with Gasteiger partial charge in [0, 0.05) is 18.0 Å². The summed E-state index contributed by atoms with van der Waals surface area (Å²) in [4.78, 5) is 2.55. The molecule has 0 bridgehead atoms. The summed E-state index contributed by atoms with van der Waals surface area (Å²) in [7, 11) is 0. The fraction of sp³-hybridized carbons (Fsp3) is 0.857. The Morgan fingerprint density at radius 2 is 2.00 bits per heavy atom. The molecule has 2 aliphatic rings. The normalized spacial score (nSPS) is 38.5. The van der Waals surface area contributed by atoms with Crippen molar-refractivity contribution in [2.75, 3.05) is 6.54 Å². The van der Waals surface area contributed by atoms with E-state index < -0.39 is 0 Å². The van der Waals surface area contributed by atoms with Gasteiger partial charge in [0.15, 0.2) is 0 Å². The van der Waals surface area contributed by atoms with Crippen molar-refractivity contribution in [2.24, 2.45) is 5.92 Å². The highest BCUT2D eigenvalue weighted by atomic mass is 16.3. The van der Waals surface area contributed by atoms with Gasteiger partial charge in [-0.25, -0.2) is 0 Å². The van der Waals surface area contributed by atoms with Crippen LogP contribution in [0.25, 0.3) is 0 Å². The summed E-state index contributed by atoms with van der Waals surface area (Å²) in [6, 6.07) is 1.06. The van der Waals surface area contributed by atoms with Crippen molar-refractivity contribution >= 4 is 0 Å². The lowest BCUT2D eigenvalue weighted by Gasteiger charge is -2.39. The molecule has 0 aromatic rings. The molecule has 0 aromatic carbocycles. The number of aliphatic hydroxyl groups is 1. The second-order valence-electron chi connectivity index (χ2n) is 5.44. The molecule has 0 aromatic heterocycles. The van der Waals surface area contributed by atoms with Gasteiger partial charge in [-0.3, -0.25) is 4.90 Å². The third-order valence-corrected chi connectivity index (χ3v) is 4.48. The average Bonchev–Trinajstić information content (AvgIpc) is 2.77. The summed E-state index contributed by atoms with van der Waals surface area (Å²) in [6.45, 7) is 7.30. The number of aliphatic hydroxyl groups excluding tert-OH is 1. The van der Waals surface area contributed by atoms with Crippen LogP contribution >= 0.6 is 0 Å². The molecule has 0 spiro atoms. The SMILES string of the molecule is C=CC(C)N1CCCC1C1CCCCC1O. The second-order valence-corrected chi connectivity index (χ2v) is 5.44.